The largest absolute Gasteiger partial charge is 0.455 e. The molecule has 0 saturated carbocycles. The van der Waals surface area contributed by atoms with E-state index in [2.05, 4.69) is 0 Å². The predicted octanol–water partition coefficient (Wildman–Crippen LogP) is 11.5. The van der Waals surface area contributed by atoms with E-state index in [0.29, 0.717) is 33.1 Å². The highest BCUT2D eigenvalue weighted by molar-refractivity contribution is 6.28. The average molecular weight is 532 g/mol. The summed E-state index contributed by atoms with van der Waals surface area (Å²) < 4.78 is 105. The second-order valence-electron chi connectivity index (χ2n) is 9.99. The van der Waals surface area contributed by atoms with Crippen LogP contribution in [0, 0.1) is 0 Å². The van der Waals surface area contributed by atoms with Gasteiger partial charge in [-0.1, -0.05) is 127 Å². The van der Waals surface area contributed by atoms with Gasteiger partial charge in [-0.2, -0.15) is 0 Å². The summed E-state index contributed by atoms with van der Waals surface area (Å²) in [4.78, 5) is 0. The Morgan fingerprint density at radius 3 is 2.15 bits per heavy atom. The van der Waals surface area contributed by atoms with Gasteiger partial charge in [0, 0.05) is 21.7 Å². The summed E-state index contributed by atoms with van der Waals surface area (Å²) in [6.07, 6.45) is 0. The molecule has 0 radical (unpaired) electrons. The molecule has 0 N–H and O–H groups in total. The summed E-state index contributed by atoms with van der Waals surface area (Å²) in [5.74, 6) is 0. The van der Waals surface area contributed by atoms with Crippen molar-refractivity contribution in [3.05, 3.63) is 145 Å². The van der Waals surface area contributed by atoms with E-state index in [-0.39, 0.29) is 37.9 Å². The molecule has 0 bridgehead atoms. The maximum Gasteiger partial charge on any atom is 0.143 e. The number of benzene rings is 8. The first-order valence-electron chi connectivity index (χ1n) is 18.7. The van der Waals surface area contributed by atoms with Crippen LogP contribution < -0.4 is 0 Å². The average Bonchev–Trinajstić information content (AvgIpc) is 3.55. The van der Waals surface area contributed by atoms with Crippen molar-refractivity contribution < 1.29 is 19.5 Å². The second-order valence-corrected chi connectivity index (χ2v) is 9.99. The maximum atomic E-state index is 9.55. The fourth-order valence-corrected chi connectivity index (χ4v) is 6.03. The molecule has 0 atom stereocenters. The molecule has 0 unspecified atom stereocenters. The quantitative estimate of drug-likeness (QED) is 0.160. The van der Waals surface area contributed by atoms with Crippen molar-refractivity contribution in [3.63, 3.8) is 0 Å². The molecule has 0 saturated heterocycles. The van der Waals surface area contributed by atoms with E-state index in [9.17, 15) is 5.48 Å². The standard InChI is InChI=1S/C40H24O/c1-2-10-25(11-3-1)31-22-23-36-38(34-21-19-27-13-5-9-17-32(27)40(34)41-36)39(31)37-30-16-8-6-14-28(30)24-35-29-15-7-4-12-26(29)18-20-33(35)37/h1-24H/i4D,6D,7D,8D,12D,14D,15D,16D,18D,20D,24D. The molecular weight excluding hydrogens is 496 g/mol. The van der Waals surface area contributed by atoms with Gasteiger partial charge < -0.3 is 4.42 Å². The Balaban J connectivity index is 1.68. The molecule has 0 aliphatic carbocycles. The Morgan fingerprint density at radius 2 is 1.24 bits per heavy atom. The lowest BCUT2D eigenvalue weighted by Crippen LogP contribution is -1.91. The topological polar surface area (TPSA) is 13.1 Å². The third kappa shape index (κ3) is 3.24. The third-order valence-corrected chi connectivity index (χ3v) is 7.80. The Bertz CT molecular complexity index is 3080. The first kappa shape index (κ1) is 14.3. The minimum atomic E-state index is -0.591. The number of hydrogen-bond donors (Lipinski definition) is 0. The van der Waals surface area contributed by atoms with Crippen LogP contribution in [0.15, 0.2) is 150 Å². The summed E-state index contributed by atoms with van der Waals surface area (Å²) >= 11 is 0. The van der Waals surface area contributed by atoms with Gasteiger partial charge in [-0.05, 0) is 72.6 Å². The monoisotopic (exact) mass is 531 g/mol. The number of hydrogen-bond acceptors (Lipinski definition) is 1. The van der Waals surface area contributed by atoms with Crippen molar-refractivity contribution >= 4 is 65.0 Å². The van der Waals surface area contributed by atoms with Crippen LogP contribution in [0.2, 0.25) is 0 Å². The van der Waals surface area contributed by atoms with Gasteiger partial charge in [0.1, 0.15) is 11.2 Å². The van der Waals surface area contributed by atoms with Gasteiger partial charge in [-0.25, -0.2) is 0 Å². The van der Waals surface area contributed by atoms with Crippen molar-refractivity contribution in [3.8, 4) is 22.3 Å². The van der Waals surface area contributed by atoms with Crippen LogP contribution in [-0.4, -0.2) is 0 Å². The molecular formula is C40H24O. The first-order valence-corrected chi connectivity index (χ1v) is 13.2. The first-order chi connectivity index (χ1) is 24.9. The van der Waals surface area contributed by atoms with E-state index in [0.717, 1.165) is 16.3 Å². The van der Waals surface area contributed by atoms with Crippen molar-refractivity contribution in [1.29, 1.82) is 0 Å². The molecule has 1 heteroatoms. The molecule has 0 spiro atoms. The van der Waals surface area contributed by atoms with E-state index >= 15 is 0 Å². The van der Waals surface area contributed by atoms with Crippen LogP contribution in [-0.2, 0) is 0 Å². The lowest BCUT2D eigenvalue weighted by Gasteiger charge is -2.18. The van der Waals surface area contributed by atoms with Gasteiger partial charge in [-0.3, -0.25) is 0 Å². The van der Waals surface area contributed by atoms with Crippen LogP contribution >= 0.6 is 0 Å². The summed E-state index contributed by atoms with van der Waals surface area (Å²) in [6.45, 7) is 0. The van der Waals surface area contributed by atoms with Crippen LogP contribution in [0.3, 0.4) is 0 Å². The van der Waals surface area contributed by atoms with Gasteiger partial charge in [-0.15, -0.1) is 0 Å². The fourth-order valence-electron chi connectivity index (χ4n) is 6.03. The minimum absolute atomic E-state index is 0.0371. The Morgan fingerprint density at radius 1 is 0.463 bits per heavy atom. The fraction of sp³-hybridized carbons (Fsp3) is 0. The smallest absolute Gasteiger partial charge is 0.143 e. The molecule has 0 fully saturated rings. The summed E-state index contributed by atoms with van der Waals surface area (Å²) in [5.41, 5.74) is 2.98. The molecule has 8 aromatic carbocycles. The van der Waals surface area contributed by atoms with Gasteiger partial charge in [0.05, 0.1) is 15.1 Å². The summed E-state index contributed by atoms with van der Waals surface area (Å²) in [5, 5.41) is 2.28. The highest BCUT2D eigenvalue weighted by Crippen LogP contribution is 2.49. The van der Waals surface area contributed by atoms with Crippen LogP contribution in [0.5, 0.6) is 0 Å². The Kier molecular flexibility index (Phi) is 2.98. The highest BCUT2D eigenvalue weighted by atomic mass is 16.3. The summed E-state index contributed by atoms with van der Waals surface area (Å²) in [6, 6.07) is 19.0. The zero-order valence-corrected chi connectivity index (χ0v) is 21.4. The van der Waals surface area contributed by atoms with Crippen LogP contribution in [0.25, 0.3) is 87.3 Å². The van der Waals surface area contributed by atoms with Crippen molar-refractivity contribution in [2.24, 2.45) is 0 Å². The molecule has 1 heterocycles. The van der Waals surface area contributed by atoms with Crippen LogP contribution in [0.4, 0.5) is 0 Å². The highest BCUT2D eigenvalue weighted by Gasteiger charge is 2.22. The molecule has 0 amide bonds. The zero-order chi connectivity index (χ0) is 36.5. The second kappa shape index (κ2) is 8.55. The third-order valence-electron chi connectivity index (χ3n) is 7.80. The van der Waals surface area contributed by atoms with Crippen molar-refractivity contribution in [1.82, 2.24) is 0 Å². The molecule has 1 nitrogen and oxygen atoms in total. The van der Waals surface area contributed by atoms with E-state index in [1.165, 1.54) is 0 Å². The normalized spacial score (nSPS) is 15.7. The molecule has 41 heavy (non-hydrogen) atoms. The van der Waals surface area contributed by atoms with E-state index < -0.39 is 66.5 Å². The van der Waals surface area contributed by atoms with Gasteiger partial charge >= 0.3 is 0 Å². The number of fused-ring (bicyclic) bond motifs is 9. The lowest BCUT2D eigenvalue weighted by atomic mass is 9.84. The van der Waals surface area contributed by atoms with Crippen LogP contribution in [0.1, 0.15) is 15.1 Å². The Labute approximate surface area is 252 Å². The molecule has 190 valence electrons. The SMILES string of the molecule is [2H]c1c([2H])c([2H])c2c([2H])c3c(c([2H])c([2H])c4c([2H])c([2H])c([2H])c([2H])c43)c(-c3c(-c4ccccc4)ccc4oc5c6ccccc6ccc5c34)c2c1[2H]. The lowest BCUT2D eigenvalue weighted by molar-refractivity contribution is 0.673. The Hall–Kier alpha value is -5.40. The van der Waals surface area contributed by atoms with Crippen molar-refractivity contribution in [2.45, 2.75) is 0 Å². The maximum absolute atomic E-state index is 9.55. The minimum Gasteiger partial charge on any atom is -0.455 e. The van der Waals surface area contributed by atoms with Gasteiger partial charge in [0.15, 0.2) is 0 Å². The zero-order valence-electron chi connectivity index (χ0n) is 32.4. The van der Waals surface area contributed by atoms with Gasteiger partial charge in [0.2, 0.25) is 0 Å². The molecule has 9 aromatic rings. The molecule has 1 aromatic heterocycles. The van der Waals surface area contributed by atoms with E-state index in [1.54, 1.807) is 0 Å². The van der Waals surface area contributed by atoms with E-state index in [4.69, 9.17) is 14.0 Å². The number of furan rings is 1. The number of rotatable bonds is 2. The molecule has 9 rings (SSSR count). The predicted molar refractivity (Wildman–Crippen MR) is 175 cm³/mol. The molecule has 0 aliphatic rings. The van der Waals surface area contributed by atoms with Crippen molar-refractivity contribution in [2.75, 3.05) is 0 Å². The summed E-state index contributed by atoms with van der Waals surface area (Å²) in [7, 11) is 0. The van der Waals surface area contributed by atoms with E-state index in [1.807, 2.05) is 78.9 Å². The molecule has 0 aliphatic heterocycles. The van der Waals surface area contributed by atoms with Gasteiger partial charge in [0.25, 0.3) is 0 Å².